The maximum absolute atomic E-state index is 12.3. The Kier molecular flexibility index (Phi) is 7.55. The van der Waals surface area contributed by atoms with Crippen LogP contribution in [0.15, 0.2) is 24.3 Å². The van der Waals surface area contributed by atoms with Crippen LogP contribution in [0.4, 0.5) is 4.79 Å². The molecule has 2 fully saturated rings. The molecule has 184 valence electrons. The topological polar surface area (TPSA) is 81.6 Å². The number of carbonyl (C=O) groups is 2. The largest absolute Gasteiger partial charge is 0.469 e. The SMILES string of the molecule is COC(=O)C1CCC(c2nnc(-c3ccc(C4CCN(C(=O)OC(C)(C)C)CC4)cc3)s2)CC1. The van der Waals surface area contributed by atoms with Gasteiger partial charge in [-0.25, -0.2) is 4.79 Å². The first-order chi connectivity index (χ1) is 16.2. The predicted molar refractivity (Wildman–Crippen MR) is 132 cm³/mol. The smallest absolute Gasteiger partial charge is 0.410 e. The number of hydrogen-bond acceptors (Lipinski definition) is 7. The van der Waals surface area contributed by atoms with Crippen LogP contribution >= 0.6 is 11.3 Å². The summed E-state index contributed by atoms with van der Waals surface area (Å²) in [4.78, 5) is 25.9. The quantitative estimate of drug-likeness (QED) is 0.512. The lowest BCUT2D eigenvalue weighted by Gasteiger charge is -2.33. The first-order valence-electron chi connectivity index (χ1n) is 12.2. The number of methoxy groups -OCH3 is 1. The highest BCUT2D eigenvalue weighted by molar-refractivity contribution is 7.14. The van der Waals surface area contributed by atoms with Crippen LogP contribution in [0, 0.1) is 5.92 Å². The van der Waals surface area contributed by atoms with Crippen LogP contribution in [0.25, 0.3) is 10.6 Å². The summed E-state index contributed by atoms with van der Waals surface area (Å²) in [6, 6.07) is 8.64. The highest BCUT2D eigenvalue weighted by Gasteiger charge is 2.30. The molecule has 1 aliphatic heterocycles. The maximum atomic E-state index is 12.3. The molecule has 0 unspecified atom stereocenters. The number of nitrogens with zero attached hydrogens (tertiary/aromatic N) is 3. The standard InChI is InChI=1S/C26H35N3O4S/c1-26(2,3)33-25(31)29-15-13-18(14-16-29)17-5-7-19(8-6-17)22-27-28-23(34-22)20-9-11-21(12-10-20)24(30)32-4/h5-8,18,20-21H,9-16H2,1-4H3. The van der Waals surface area contributed by atoms with Crippen molar-refractivity contribution in [1.82, 2.24) is 15.1 Å². The Labute approximate surface area is 205 Å². The van der Waals surface area contributed by atoms with Gasteiger partial charge in [-0.15, -0.1) is 10.2 Å². The van der Waals surface area contributed by atoms with Crippen molar-refractivity contribution < 1.29 is 19.1 Å². The second kappa shape index (κ2) is 10.4. The predicted octanol–water partition coefficient (Wildman–Crippen LogP) is 5.77. The lowest BCUT2D eigenvalue weighted by Crippen LogP contribution is -2.41. The van der Waals surface area contributed by atoms with E-state index in [0.29, 0.717) is 11.8 Å². The molecule has 0 bridgehead atoms. The van der Waals surface area contributed by atoms with Gasteiger partial charge in [0.05, 0.1) is 13.0 Å². The Morgan fingerprint density at radius 1 is 0.941 bits per heavy atom. The molecule has 1 amide bonds. The maximum Gasteiger partial charge on any atom is 0.410 e. The minimum atomic E-state index is -0.462. The van der Waals surface area contributed by atoms with Crippen LogP contribution < -0.4 is 0 Å². The van der Waals surface area contributed by atoms with Crippen LogP contribution in [0.1, 0.15) is 81.7 Å². The molecule has 0 spiro atoms. The van der Waals surface area contributed by atoms with Crippen molar-refractivity contribution in [3.05, 3.63) is 34.8 Å². The molecule has 7 nitrogen and oxygen atoms in total. The van der Waals surface area contributed by atoms with Gasteiger partial charge in [0.25, 0.3) is 0 Å². The Balaban J connectivity index is 1.31. The van der Waals surface area contributed by atoms with Gasteiger partial charge >= 0.3 is 12.1 Å². The second-order valence-electron chi connectivity index (χ2n) is 10.4. The summed E-state index contributed by atoms with van der Waals surface area (Å²) in [7, 11) is 1.46. The number of aromatic nitrogens is 2. The summed E-state index contributed by atoms with van der Waals surface area (Å²) < 4.78 is 10.4. The van der Waals surface area contributed by atoms with Gasteiger partial charge < -0.3 is 14.4 Å². The van der Waals surface area contributed by atoms with Gasteiger partial charge in [0.2, 0.25) is 0 Å². The van der Waals surface area contributed by atoms with E-state index >= 15 is 0 Å². The van der Waals surface area contributed by atoms with Crippen molar-refractivity contribution in [2.45, 2.75) is 76.7 Å². The molecule has 2 heterocycles. The molecule has 1 aromatic carbocycles. The zero-order valence-corrected chi connectivity index (χ0v) is 21.4. The molecule has 1 saturated heterocycles. The van der Waals surface area contributed by atoms with Gasteiger partial charge in [0, 0.05) is 24.6 Å². The van der Waals surface area contributed by atoms with Crippen LogP contribution in [0.2, 0.25) is 0 Å². The number of esters is 1. The molecule has 4 rings (SSSR count). The Morgan fingerprint density at radius 3 is 2.18 bits per heavy atom. The number of benzene rings is 1. The number of rotatable bonds is 4. The second-order valence-corrected chi connectivity index (χ2v) is 11.4. The van der Waals surface area contributed by atoms with E-state index in [-0.39, 0.29) is 18.0 Å². The third-order valence-electron chi connectivity index (χ3n) is 6.83. The number of likely N-dealkylation sites (tertiary alicyclic amines) is 1. The molecule has 34 heavy (non-hydrogen) atoms. The van der Waals surface area contributed by atoms with Crippen molar-refractivity contribution in [3.63, 3.8) is 0 Å². The molecule has 0 atom stereocenters. The van der Waals surface area contributed by atoms with Crippen LogP contribution in [-0.4, -0.2) is 53.0 Å². The van der Waals surface area contributed by atoms with Gasteiger partial charge in [0.1, 0.15) is 15.6 Å². The highest BCUT2D eigenvalue weighted by atomic mass is 32.1. The monoisotopic (exact) mass is 485 g/mol. The lowest BCUT2D eigenvalue weighted by atomic mass is 9.82. The third-order valence-corrected chi connectivity index (χ3v) is 7.96. The summed E-state index contributed by atoms with van der Waals surface area (Å²) in [5, 5.41) is 10.9. The molecule has 2 aliphatic rings. The van der Waals surface area contributed by atoms with Crippen LogP contribution in [0.5, 0.6) is 0 Å². The van der Waals surface area contributed by atoms with Crippen molar-refractivity contribution >= 4 is 23.4 Å². The number of amides is 1. The Morgan fingerprint density at radius 2 is 1.59 bits per heavy atom. The van der Waals surface area contributed by atoms with Gasteiger partial charge in [-0.2, -0.15) is 0 Å². The number of carbonyl (C=O) groups excluding carboxylic acids is 2. The van der Waals surface area contributed by atoms with Crippen molar-refractivity contribution in [1.29, 1.82) is 0 Å². The number of hydrogen-bond donors (Lipinski definition) is 0. The fourth-order valence-electron chi connectivity index (χ4n) is 4.88. The molecule has 1 aliphatic carbocycles. The molecule has 0 radical (unpaired) electrons. The molecule has 8 heteroatoms. The third kappa shape index (κ3) is 5.95. The van der Waals surface area contributed by atoms with Crippen molar-refractivity contribution in [2.75, 3.05) is 20.2 Å². The minimum absolute atomic E-state index is 0.0252. The van der Waals surface area contributed by atoms with E-state index in [4.69, 9.17) is 9.47 Å². The Hall–Kier alpha value is -2.48. The van der Waals surface area contributed by atoms with E-state index in [1.165, 1.54) is 12.7 Å². The molecule has 1 aromatic heterocycles. The summed E-state index contributed by atoms with van der Waals surface area (Å²) in [6.45, 7) is 7.14. The van der Waals surface area contributed by atoms with E-state index in [9.17, 15) is 9.59 Å². The molecule has 1 saturated carbocycles. The van der Waals surface area contributed by atoms with Crippen molar-refractivity contribution in [2.24, 2.45) is 5.92 Å². The number of ether oxygens (including phenoxy) is 2. The molecular weight excluding hydrogens is 450 g/mol. The highest BCUT2D eigenvalue weighted by Crippen LogP contribution is 2.39. The summed E-state index contributed by atoms with van der Waals surface area (Å²) in [6.07, 6.45) is 5.28. The first kappa shape index (κ1) is 24.6. The van der Waals surface area contributed by atoms with Gasteiger partial charge in [-0.1, -0.05) is 35.6 Å². The van der Waals surface area contributed by atoms with Crippen LogP contribution in [0.3, 0.4) is 0 Å². The van der Waals surface area contributed by atoms with E-state index in [2.05, 4.69) is 34.5 Å². The fraction of sp³-hybridized carbons (Fsp3) is 0.615. The molecule has 0 N–H and O–H groups in total. The molecular formula is C26H35N3O4S. The average molecular weight is 486 g/mol. The van der Waals surface area contributed by atoms with E-state index in [0.717, 1.165) is 67.2 Å². The lowest BCUT2D eigenvalue weighted by molar-refractivity contribution is -0.146. The summed E-state index contributed by atoms with van der Waals surface area (Å²) >= 11 is 1.66. The first-order valence-corrected chi connectivity index (χ1v) is 13.0. The zero-order chi connectivity index (χ0) is 24.3. The van der Waals surface area contributed by atoms with E-state index < -0.39 is 5.60 Å². The van der Waals surface area contributed by atoms with Crippen molar-refractivity contribution in [3.8, 4) is 10.6 Å². The number of piperidine rings is 1. The average Bonchev–Trinajstić information content (AvgIpc) is 3.33. The van der Waals surface area contributed by atoms with Gasteiger partial charge in [0.15, 0.2) is 0 Å². The van der Waals surface area contributed by atoms with Gasteiger partial charge in [-0.3, -0.25) is 4.79 Å². The van der Waals surface area contributed by atoms with E-state index in [1.807, 2.05) is 25.7 Å². The van der Waals surface area contributed by atoms with Gasteiger partial charge in [-0.05, 0) is 70.8 Å². The van der Waals surface area contributed by atoms with E-state index in [1.54, 1.807) is 11.3 Å². The normalized spacial score (nSPS) is 21.8. The summed E-state index contributed by atoms with van der Waals surface area (Å²) in [5.74, 6) is 0.758. The summed E-state index contributed by atoms with van der Waals surface area (Å²) in [5.41, 5.74) is 1.93. The minimum Gasteiger partial charge on any atom is -0.469 e. The molecule has 2 aromatic rings. The fourth-order valence-corrected chi connectivity index (χ4v) is 5.90. The Bertz CT molecular complexity index is 982. The zero-order valence-electron chi connectivity index (χ0n) is 20.6. The van der Waals surface area contributed by atoms with Crippen LogP contribution in [-0.2, 0) is 14.3 Å².